The van der Waals surface area contributed by atoms with Gasteiger partial charge in [0.2, 0.25) is 88.6 Å². The Hall–Kier alpha value is -8.24. The van der Waals surface area contributed by atoms with Gasteiger partial charge in [-0.05, 0) is 48.9 Å². The first-order valence-electron chi connectivity index (χ1n) is 31.2. The number of rotatable bonds is 12. The van der Waals surface area contributed by atoms with Crippen molar-refractivity contribution in [2.45, 2.75) is 78.2 Å². The highest BCUT2D eigenvalue weighted by Gasteiger charge is 2.32. The molecule has 4 N–H and O–H groups in total. The third-order valence-electron chi connectivity index (χ3n) is 17.0. The van der Waals surface area contributed by atoms with Crippen molar-refractivity contribution in [3.05, 3.63) is 35.6 Å². The fraction of sp³-hybridized carbons (Fsp3) is 0.625. The summed E-state index contributed by atoms with van der Waals surface area (Å²) in [6.07, 6.45) is 9.12. The molecule has 18 rings (SSSR count). The van der Waals surface area contributed by atoms with E-state index in [-0.39, 0.29) is 5.28 Å². The molecule has 6 aromatic rings. The van der Waals surface area contributed by atoms with E-state index in [0.717, 1.165) is 50.9 Å². The summed E-state index contributed by atoms with van der Waals surface area (Å²) in [6.45, 7) is 21.2. The highest BCUT2D eigenvalue weighted by atomic mass is 35.5. The maximum atomic E-state index is 6.74. The molecule has 30 heteroatoms. The number of hydrogen-bond acceptors (Lipinski definition) is 29. The van der Waals surface area contributed by atoms with Crippen molar-refractivity contribution in [2.24, 2.45) is 5.92 Å². The Morgan fingerprint density at radius 3 is 1.07 bits per heavy atom. The van der Waals surface area contributed by atoms with Crippen LogP contribution in [0.2, 0.25) is 5.28 Å². The summed E-state index contributed by atoms with van der Waals surface area (Å²) in [5.41, 5.74) is 0.889. The van der Waals surface area contributed by atoms with Crippen LogP contribution in [-0.2, 0) is 0 Å². The Kier molecular flexibility index (Phi) is 17.3. The number of halogens is 1. The average Bonchev–Trinajstić information content (AvgIpc) is 2.60. The number of piperazine rings is 5. The van der Waals surface area contributed by atoms with E-state index >= 15 is 0 Å². The summed E-state index contributed by atoms with van der Waals surface area (Å²) in [4.78, 5) is 97.9. The van der Waals surface area contributed by atoms with Gasteiger partial charge in [-0.25, -0.2) is 0 Å². The standard InChI is InChI=1S/C56H80ClN29/c1-4-5-12-17-58-43-64-49-73-50(65-43)80-26-28-81(29-27-80)51-66-44(59-38-39(2)3)67-52(74-51)82-30-32-84(33-31-82)54-69-46(61-41-15-10-7-11-16-41)71-56(76-54)86-36-34-85(35-37-86)55-70-45(60-40-13-8-6-9-14-40)68-53(75-55)83-24-20-78(21-25-83)48-63-42(57)62-47(72-48)77-18-22-79(49)23-19-77/h6,8-9,13-14,39,41H,4-5,7,10-12,15-38H2,1-3H3,(H,58,64,65,73)(H,59,66,67,74)(H,60,68,70,75)(H,61,69,71,76). The number of aromatic nitrogens is 15. The quantitative estimate of drug-likeness (QED) is 0.124. The maximum Gasteiger partial charge on any atom is 0.233 e. The molecule has 0 spiro atoms. The van der Waals surface area contributed by atoms with Crippen LogP contribution in [0.25, 0.3) is 0 Å². The number of benzene rings is 1. The predicted molar refractivity (Wildman–Crippen MR) is 338 cm³/mol. The number of para-hydroxylation sites is 1. The van der Waals surface area contributed by atoms with Crippen LogP contribution in [0.5, 0.6) is 0 Å². The first-order chi connectivity index (χ1) is 42.2. The Morgan fingerprint density at radius 2 is 0.721 bits per heavy atom. The largest absolute Gasteiger partial charge is 0.354 e. The molecule has 1 saturated carbocycles. The molecule has 0 amide bonds. The predicted octanol–water partition coefficient (Wildman–Crippen LogP) is 4.37. The second-order valence-electron chi connectivity index (χ2n) is 23.5. The minimum Gasteiger partial charge on any atom is -0.354 e. The van der Waals surface area contributed by atoms with Gasteiger partial charge in [0.25, 0.3) is 0 Å². The lowest BCUT2D eigenvalue weighted by atomic mass is 9.96. The lowest BCUT2D eigenvalue weighted by molar-refractivity contribution is 0.460. The Bertz CT molecular complexity index is 3210. The summed E-state index contributed by atoms with van der Waals surface area (Å²) in [5.74, 6) is 8.88. The van der Waals surface area contributed by atoms with E-state index in [2.05, 4.69) is 101 Å². The number of fused-ring (bicyclic) bond motifs is 5. The number of nitrogens with one attached hydrogen (secondary N) is 4. The van der Waals surface area contributed by atoms with Crippen molar-refractivity contribution in [2.75, 3.05) is 214 Å². The number of anilines is 15. The summed E-state index contributed by atoms with van der Waals surface area (Å²) >= 11 is 6.74. The zero-order valence-corrected chi connectivity index (χ0v) is 50.6. The van der Waals surface area contributed by atoms with Crippen molar-refractivity contribution in [3.63, 3.8) is 0 Å². The molecule has 11 aliphatic heterocycles. The van der Waals surface area contributed by atoms with Crippen LogP contribution in [-0.4, -0.2) is 225 Å². The average molecular weight is 1190 g/mol. The smallest absolute Gasteiger partial charge is 0.233 e. The van der Waals surface area contributed by atoms with Crippen molar-refractivity contribution in [1.29, 1.82) is 0 Å². The summed E-state index contributed by atoms with van der Waals surface area (Å²) in [5, 5.41) is 14.4. The topological polar surface area (TPSA) is 274 Å². The molecule has 12 aliphatic rings. The maximum absolute atomic E-state index is 6.74. The Morgan fingerprint density at radius 1 is 0.395 bits per heavy atom. The van der Waals surface area contributed by atoms with Gasteiger partial charge in [-0.1, -0.05) is 71.1 Å². The van der Waals surface area contributed by atoms with E-state index in [0.29, 0.717) is 226 Å². The van der Waals surface area contributed by atoms with E-state index in [1.54, 1.807) is 0 Å². The van der Waals surface area contributed by atoms with Gasteiger partial charge in [-0.3, -0.25) is 0 Å². The van der Waals surface area contributed by atoms with E-state index in [9.17, 15) is 0 Å². The molecular weight excluding hydrogens is 1110 g/mol. The summed E-state index contributed by atoms with van der Waals surface area (Å²) in [6, 6.07) is 10.3. The number of hydrogen-bond donors (Lipinski definition) is 4. The molecule has 86 heavy (non-hydrogen) atoms. The molecule has 29 nitrogen and oxygen atoms in total. The molecule has 20 bridgehead atoms. The fourth-order valence-corrected chi connectivity index (χ4v) is 12.1. The lowest BCUT2D eigenvalue weighted by Gasteiger charge is -2.38. The highest BCUT2D eigenvalue weighted by molar-refractivity contribution is 6.28. The van der Waals surface area contributed by atoms with Gasteiger partial charge in [-0.2, -0.15) is 74.8 Å². The second-order valence-corrected chi connectivity index (χ2v) is 23.8. The van der Waals surface area contributed by atoms with Gasteiger partial charge < -0.3 is 70.3 Å². The van der Waals surface area contributed by atoms with Crippen molar-refractivity contribution >= 4 is 101 Å². The van der Waals surface area contributed by atoms with E-state index in [1.807, 2.05) is 30.3 Å². The highest BCUT2D eigenvalue weighted by Crippen LogP contribution is 2.30. The minimum atomic E-state index is 0.155. The normalized spacial score (nSPS) is 18.5. The van der Waals surface area contributed by atoms with Gasteiger partial charge in [0, 0.05) is 156 Å². The SMILES string of the molecule is CCCCCNc1nc2nc(n1)N1CCN(CC1)c1nc(NCC(C)C)nc(n1)N1CCN(CC1)c1nc(NC3CCCCC3)nc(n1)N1CCN(CC1)c1nc(Nc3ccccc3)nc(n1)N1CCN(CC1)c1nc(Cl)nc(n1)N1CCN2CC1. The van der Waals surface area contributed by atoms with Gasteiger partial charge in [-0.15, -0.1) is 0 Å². The van der Waals surface area contributed by atoms with Gasteiger partial charge in [0.15, 0.2) is 0 Å². The molecule has 456 valence electrons. The van der Waals surface area contributed by atoms with Gasteiger partial charge in [0.05, 0.1) is 0 Å². The fourth-order valence-electron chi connectivity index (χ4n) is 11.9. The molecule has 6 fully saturated rings. The van der Waals surface area contributed by atoms with Crippen LogP contribution >= 0.6 is 11.6 Å². The Labute approximate surface area is 507 Å². The number of nitrogens with zero attached hydrogens (tertiary/aromatic N) is 25. The zero-order valence-electron chi connectivity index (χ0n) is 49.8. The van der Waals surface area contributed by atoms with Gasteiger partial charge >= 0.3 is 0 Å². The molecule has 5 saturated heterocycles. The first-order valence-corrected chi connectivity index (χ1v) is 31.6. The van der Waals surface area contributed by atoms with Crippen LogP contribution in [0.1, 0.15) is 72.1 Å². The summed E-state index contributed by atoms with van der Waals surface area (Å²) < 4.78 is 0. The molecule has 16 heterocycles. The lowest BCUT2D eigenvalue weighted by Crippen LogP contribution is -2.50. The van der Waals surface area contributed by atoms with Crippen molar-refractivity contribution < 1.29 is 0 Å². The molecule has 1 aromatic carbocycles. The van der Waals surface area contributed by atoms with Gasteiger partial charge in [0.1, 0.15) is 0 Å². The molecule has 0 atom stereocenters. The van der Waals surface area contributed by atoms with Crippen LogP contribution in [0.4, 0.5) is 89.0 Å². The van der Waals surface area contributed by atoms with E-state index < -0.39 is 0 Å². The number of unbranched alkanes of at least 4 members (excludes halogenated alkanes) is 2. The van der Waals surface area contributed by atoms with Crippen LogP contribution in [0, 0.1) is 5.92 Å². The van der Waals surface area contributed by atoms with E-state index in [4.69, 9.17) is 76.4 Å². The van der Waals surface area contributed by atoms with Crippen molar-refractivity contribution in [1.82, 2.24) is 74.8 Å². The molecule has 5 aromatic heterocycles. The van der Waals surface area contributed by atoms with Crippen LogP contribution < -0.4 is 70.3 Å². The molecule has 0 radical (unpaired) electrons. The third kappa shape index (κ3) is 13.6. The van der Waals surface area contributed by atoms with E-state index in [1.165, 1.54) is 19.3 Å². The monoisotopic (exact) mass is 1190 g/mol. The molecule has 0 unspecified atom stereocenters. The minimum absolute atomic E-state index is 0.155. The molecule has 1 aliphatic carbocycles. The second kappa shape index (κ2) is 26.2. The van der Waals surface area contributed by atoms with Crippen LogP contribution in [0.15, 0.2) is 30.3 Å². The van der Waals surface area contributed by atoms with Crippen molar-refractivity contribution in [3.8, 4) is 0 Å². The first kappa shape index (κ1) is 56.9. The zero-order chi connectivity index (χ0) is 58.3. The molecular formula is C56H80ClN29. The Balaban J connectivity index is 0.813. The third-order valence-corrected chi connectivity index (χ3v) is 17.1. The summed E-state index contributed by atoms with van der Waals surface area (Å²) in [7, 11) is 0. The van der Waals surface area contributed by atoms with Crippen LogP contribution in [0.3, 0.4) is 0 Å².